The second-order valence-corrected chi connectivity index (χ2v) is 15.4. The Balaban J connectivity index is 0.799. The zero-order valence-electron chi connectivity index (χ0n) is 31.8. The third-order valence-corrected chi connectivity index (χ3v) is 11.7. The number of rotatable bonds is 11. The maximum Gasteiger partial charge on any atom is 0.419 e. The van der Waals surface area contributed by atoms with E-state index in [1.165, 1.54) is 18.2 Å². The van der Waals surface area contributed by atoms with Gasteiger partial charge in [-0.05, 0) is 97.4 Å². The molecule has 8 rings (SSSR count). The summed E-state index contributed by atoms with van der Waals surface area (Å²) in [5.74, 6) is -2.03. The predicted molar refractivity (Wildman–Crippen MR) is 207 cm³/mol. The number of halogens is 4. The van der Waals surface area contributed by atoms with E-state index in [2.05, 4.69) is 21.2 Å². The van der Waals surface area contributed by atoms with Gasteiger partial charge in [0.1, 0.15) is 29.1 Å². The summed E-state index contributed by atoms with van der Waals surface area (Å²) in [6.07, 6.45) is -1.38. The summed E-state index contributed by atoms with van der Waals surface area (Å²) in [5.41, 5.74) is 3.10. The monoisotopic (exact) mass is 800 g/mol. The zero-order chi connectivity index (χ0) is 40.6. The number of aromatic hydroxyl groups is 1. The number of phenols is 1. The smallest absolute Gasteiger partial charge is 0.419 e. The van der Waals surface area contributed by atoms with Crippen LogP contribution in [0.2, 0.25) is 0 Å². The van der Waals surface area contributed by atoms with Crippen molar-refractivity contribution < 1.29 is 46.5 Å². The molecule has 0 aliphatic carbocycles. The Labute approximate surface area is 333 Å². The molecule has 0 bridgehead atoms. The fourth-order valence-corrected chi connectivity index (χ4v) is 8.65. The van der Waals surface area contributed by atoms with E-state index in [0.717, 1.165) is 80.9 Å². The summed E-state index contributed by atoms with van der Waals surface area (Å²) in [4.78, 5) is 43.4. The Morgan fingerprint density at radius 1 is 0.862 bits per heavy atom. The van der Waals surface area contributed by atoms with Gasteiger partial charge in [-0.3, -0.25) is 24.6 Å². The third kappa shape index (κ3) is 8.20. The van der Waals surface area contributed by atoms with Crippen molar-refractivity contribution in [2.45, 2.75) is 62.7 Å². The van der Waals surface area contributed by atoms with Gasteiger partial charge < -0.3 is 24.4 Å². The molecular weight excluding hydrogens is 756 g/mol. The maximum atomic E-state index is 14.2. The van der Waals surface area contributed by atoms with Gasteiger partial charge in [-0.15, -0.1) is 0 Å². The van der Waals surface area contributed by atoms with Gasteiger partial charge in [0.05, 0.1) is 18.8 Å². The minimum Gasteiger partial charge on any atom is -0.508 e. The highest BCUT2D eigenvalue weighted by atomic mass is 19.4. The molecule has 0 radical (unpaired) electrons. The number of hydrogen-bond acceptors (Lipinski definition) is 8. The van der Waals surface area contributed by atoms with E-state index < -0.39 is 41.3 Å². The predicted octanol–water partition coefficient (Wildman–Crippen LogP) is 6.99. The number of fused-ring (bicyclic) bond motifs is 2. The molecule has 4 aliphatic rings. The number of carbonyl (C=O) groups excluding carboxylic acids is 3. The summed E-state index contributed by atoms with van der Waals surface area (Å²) in [7, 11) is 0. The first-order valence-electron chi connectivity index (χ1n) is 19.7. The van der Waals surface area contributed by atoms with E-state index in [9.17, 15) is 37.1 Å². The number of ether oxygens (including phenoxy) is 2. The van der Waals surface area contributed by atoms with Crippen LogP contribution in [-0.2, 0) is 22.3 Å². The van der Waals surface area contributed by atoms with Crippen LogP contribution in [-0.4, -0.2) is 84.6 Å². The summed E-state index contributed by atoms with van der Waals surface area (Å²) in [5, 5.41) is 12.4. The Hall–Kier alpha value is -5.63. The first-order chi connectivity index (χ1) is 27.9. The molecule has 3 atom stereocenters. The number of amides is 3. The summed E-state index contributed by atoms with van der Waals surface area (Å²) in [6, 6.07) is 20.5. The lowest BCUT2D eigenvalue weighted by atomic mass is 9.75. The minimum absolute atomic E-state index is 0.0125. The van der Waals surface area contributed by atoms with E-state index >= 15 is 0 Å². The molecule has 10 nitrogen and oxygen atoms in total. The third-order valence-electron chi connectivity index (χ3n) is 11.7. The molecule has 2 fully saturated rings. The van der Waals surface area contributed by atoms with Gasteiger partial charge >= 0.3 is 6.18 Å². The lowest BCUT2D eigenvalue weighted by Crippen LogP contribution is -2.52. The van der Waals surface area contributed by atoms with Crippen LogP contribution in [0, 0.1) is 5.82 Å². The Bertz CT molecular complexity index is 2190. The van der Waals surface area contributed by atoms with Crippen molar-refractivity contribution in [3.63, 3.8) is 0 Å². The zero-order valence-corrected chi connectivity index (χ0v) is 31.8. The van der Waals surface area contributed by atoms with Gasteiger partial charge in [-0.25, -0.2) is 4.39 Å². The van der Waals surface area contributed by atoms with Crippen LogP contribution in [0.15, 0.2) is 78.9 Å². The Kier molecular flexibility index (Phi) is 11.0. The van der Waals surface area contributed by atoms with Crippen LogP contribution in [0.25, 0.3) is 0 Å². The van der Waals surface area contributed by atoms with E-state index in [1.807, 2.05) is 36.4 Å². The molecule has 58 heavy (non-hydrogen) atoms. The molecule has 3 unspecified atom stereocenters. The van der Waals surface area contributed by atoms with Gasteiger partial charge in [0, 0.05) is 73.9 Å². The largest absolute Gasteiger partial charge is 0.508 e. The lowest BCUT2D eigenvalue weighted by molar-refractivity contribution is -0.140. The highest BCUT2D eigenvalue weighted by Crippen LogP contribution is 2.48. The minimum atomic E-state index is -4.84. The van der Waals surface area contributed by atoms with Crippen molar-refractivity contribution in [3.05, 3.63) is 118 Å². The van der Waals surface area contributed by atoms with Crippen LogP contribution in [0.5, 0.6) is 17.2 Å². The molecular formula is C44H44F4N4O6. The SMILES string of the molecule is O=C1CCC(N2Cc3cc(N4CCN(CCCCCOc5ccc(C6c7ccc(O)cc7OCC6c6ccc(F)c(C(F)(F)F)c6)cc5)CC4)ccc3C2=O)C(=O)N1. The number of nitrogens with one attached hydrogen (secondary N) is 1. The molecule has 3 amide bonds. The van der Waals surface area contributed by atoms with Crippen LogP contribution in [0.3, 0.4) is 0 Å². The molecule has 4 aliphatic heterocycles. The van der Waals surface area contributed by atoms with Crippen LogP contribution in [0.4, 0.5) is 23.2 Å². The number of unbranched alkanes of at least 4 members (excludes halogenated alkanes) is 2. The molecule has 0 spiro atoms. The average Bonchev–Trinajstić information content (AvgIpc) is 3.53. The second-order valence-electron chi connectivity index (χ2n) is 15.4. The topological polar surface area (TPSA) is 112 Å². The first kappa shape index (κ1) is 39.2. The lowest BCUT2D eigenvalue weighted by Gasteiger charge is -2.36. The van der Waals surface area contributed by atoms with Gasteiger partial charge in [0.25, 0.3) is 5.91 Å². The Morgan fingerprint density at radius 3 is 2.40 bits per heavy atom. The maximum absolute atomic E-state index is 14.2. The summed E-state index contributed by atoms with van der Waals surface area (Å²) < 4.78 is 67.0. The number of phenolic OH excluding ortho intramolecular Hbond substituents is 1. The number of alkyl halides is 3. The number of piperazine rings is 1. The van der Waals surface area contributed by atoms with Gasteiger partial charge in [0.2, 0.25) is 11.8 Å². The number of imide groups is 1. The fraction of sp³-hybridized carbons (Fsp3) is 0.386. The number of anilines is 1. The normalized spacial score (nSPS) is 21.0. The van der Waals surface area contributed by atoms with Crippen molar-refractivity contribution in [1.29, 1.82) is 0 Å². The van der Waals surface area contributed by atoms with Crippen molar-refractivity contribution in [2.75, 3.05) is 50.8 Å². The van der Waals surface area contributed by atoms with Crippen molar-refractivity contribution in [3.8, 4) is 17.2 Å². The van der Waals surface area contributed by atoms with Gasteiger partial charge in [0.15, 0.2) is 0 Å². The van der Waals surface area contributed by atoms with Crippen molar-refractivity contribution in [1.82, 2.24) is 15.1 Å². The molecule has 0 saturated carbocycles. The Morgan fingerprint density at radius 2 is 1.64 bits per heavy atom. The highest BCUT2D eigenvalue weighted by Gasteiger charge is 2.40. The van der Waals surface area contributed by atoms with Crippen molar-refractivity contribution in [2.24, 2.45) is 0 Å². The van der Waals surface area contributed by atoms with Gasteiger partial charge in [-0.1, -0.05) is 24.3 Å². The number of piperidine rings is 1. The van der Waals surface area contributed by atoms with E-state index in [4.69, 9.17) is 9.47 Å². The molecule has 2 saturated heterocycles. The van der Waals surface area contributed by atoms with E-state index in [-0.39, 0.29) is 30.6 Å². The number of nitrogens with zero attached hydrogens (tertiary/aromatic N) is 3. The highest BCUT2D eigenvalue weighted by molar-refractivity contribution is 6.05. The standard InChI is InChI=1S/C44H44F4N4O6/c45-37-13-6-28(23-36(37)44(46,47)48)35-26-58-39-24-31(53)8-12-34(39)41(35)27-4-9-32(10-5-27)57-21-3-1-2-16-50-17-19-51(20-18-50)30-7-11-33-29(22-30)25-52(43(33)56)38-14-15-40(54)49-42(38)55/h4-13,22-24,35,38,41,53H,1-3,14-21,25-26H2,(H,49,54,55). The van der Waals surface area contributed by atoms with Crippen molar-refractivity contribution >= 4 is 23.4 Å². The molecule has 2 N–H and O–H groups in total. The number of carbonyl (C=O) groups is 3. The molecule has 304 valence electrons. The van der Waals surface area contributed by atoms with E-state index in [0.29, 0.717) is 47.8 Å². The fourth-order valence-electron chi connectivity index (χ4n) is 8.65. The summed E-state index contributed by atoms with van der Waals surface area (Å²) in [6.45, 7) is 5.49. The average molecular weight is 801 g/mol. The molecule has 14 heteroatoms. The van der Waals surface area contributed by atoms with E-state index in [1.54, 1.807) is 11.0 Å². The molecule has 4 heterocycles. The van der Waals surface area contributed by atoms with Gasteiger partial charge in [-0.2, -0.15) is 13.2 Å². The van der Waals surface area contributed by atoms with Crippen LogP contribution in [0.1, 0.15) is 82.1 Å². The quantitative estimate of drug-likeness (QED) is 0.0950. The molecule has 4 aromatic carbocycles. The first-order valence-corrected chi connectivity index (χ1v) is 19.7. The molecule has 0 aromatic heterocycles. The molecule has 4 aromatic rings. The van der Waals surface area contributed by atoms with Crippen LogP contribution < -0.4 is 19.7 Å². The van der Waals surface area contributed by atoms with Crippen LogP contribution >= 0.6 is 0 Å². The second kappa shape index (κ2) is 16.3. The number of benzene rings is 4. The number of hydrogen-bond donors (Lipinski definition) is 2. The summed E-state index contributed by atoms with van der Waals surface area (Å²) >= 11 is 0.